The number of nitrogens with zero attached hydrogens (tertiary/aromatic N) is 3. The Morgan fingerprint density at radius 3 is 2.52 bits per heavy atom. The number of fused-ring (bicyclic) bond motifs is 1. The van der Waals surface area contributed by atoms with Crippen LogP contribution in [0, 0.1) is 5.92 Å². The Labute approximate surface area is 182 Å². The van der Waals surface area contributed by atoms with Gasteiger partial charge in [-0.3, -0.25) is 14.7 Å². The fraction of sp³-hybridized carbons (Fsp3) is 0.333. The van der Waals surface area contributed by atoms with Crippen LogP contribution in [0.5, 0.6) is 11.5 Å². The van der Waals surface area contributed by atoms with Crippen molar-refractivity contribution in [3.63, 3.8) is 0 Å². The fourth-order valence-electron chi connectivity index (χ4n) is 4.32. The van der Waals surface area contributed by atoms with Crippen LogP contribution in [0.15, 0.2) is 43.4 Å². The van der Waals surface area contributed by atoms with Gasteiger partial charge >= 0.3 is 5.97 Å². The molecule has 0 bridgehead atoms. The first kappa shape index (κ1) is 20.9. The number of aliphatic carboxylic acids is 1. The summed E-state index contributed by atoms with van der Waals surface area (Å²) in [6, 6.07) is 6.06. The summed E-state index contributed by atoms with van der Waals surface area (Å²) in [5.41, 5.74) is 5.95. The van der Waals surface area contributed by atoms with Crippen molar-refractivity contribution in [1.82, 2.24) is 14.8 Å². The summed E-state index contributed by atoms with van der Waals surface area (Å²) in [5, 5.41) is 8.97. The lowest BCUT2D eigenvalue weighted by Crippen LogP contribution is -2.46. The van der Waals surface area contributed by atoms with Crippen molar-refractivity contribution in [1.29, 1.82) is 0 Å². The number of methoxy groups -OCH3 is 2. The molecule has 1 saturated heterocycles. The van der Waals surface area contributed by atoms with Crippen molar-refractivity contribution in [3.8, 4) is 11.5 Å². The Balaban J connectivity index is 1.66. The second-order valence-electron chi connectivity index (χ2n) is 8.04. The third kappa shape index (κ3) is 4.01. The zero-order chi connectivity index (χ0) is 22.1. The van der Waals surface area contributed by atoms with Crippen LogP contribution in [0.2, 0.25) is 0 Å². The summed E-state index contributed by atoms with van der Waals surface area (Å²) in [5.74, 6) is 0.960. The average molecular weight is 421 g/mol. The van der Waals surface area contributed by atoms with E-state index in [1.54, 1.807) is 20.4 Å². The molecule has 1 N–H and O–H groups in total. The number of pyridine rings is 1. The Morgan fingerprint density at radius 1 is 1.23 bits per heavy atom. The second kappa shape index (κ2) is 8.43. The van der Waals surface area contributed by atoms with E-state index in [1.165, 1.54) is 0 Å². The first-order chi connectivity index (χ1) is 14.9. The number of carboxylic acids is 1. The molecule has 0 aliphatic carbocycles. The van der Waals surface area contributed by atoms with Gasteiger partial charge in [0.15, 0.2) is 0 Å². The van der Waals surface area contributed by atoms with Gasteiger partial charge in [-0.15, -0.1) is 0 Å². The molecule has 0 unspecified atom stereocenters. The highest BCUT2D eigenvalue weighted by Crippen LogP contribution is 2.40. The summed E-state index contributed by atoms with van der Waals surface area (Å²) in [6.45, 7) is 6.35. The molecule has 31 heavy (non-hydrogen) atoms. The minimum atomic E-state index is -0.743. The smallest absolute Gasteiger partial charge is 0.303 e. The molecule has 7 heteroatoms. The molecular weight excluding hydrogens is 394 g/mol. The number of hydrogen-bond acceptors (Lipinski definition) is 6. The molecule has 0 amide bonds. The Morgan fingerprint density at radius 2 is 1.90 bits per heavy atom. The van der Waals surface area contributed by atoms with E-state index >= 15 is 0 Å². The number of ether oxygens (including phenoxy) is 2. The Hall–Kier alpha value is -3.32. The third-order valence-electron chi connectivity index (χ3n) is 5.97. The summed E-state index contributed by atoms with van der Waals surface area (Å²) in [7, 11) is 5.29. The number of benzene rings is 1. The number of carboxylic acid groups (broad SMARTS) is 1. The maximum absolute atomic E-state index is 10.9. The lowest BCUT2D eigenvalue weighted by atomic mass is 9.90. The van der Waals surface area contributed by atoms with Gasteiger partial charge in [-0.2, -0.15) is 0 Å². The summed E-state index contributed by atoms with van der Waals surface area (Å²) < 4.78 is 11.5. The maximum atomic E-state index is 10.9. The zero-order valence-electron chi connectivity index (χ0n) is 18.1. The minimum absolute atomic E-state index is 0.204. The van der Waals surface area contributed by atoms with Crippen LogP contribution < -0.4 is 9.47 Å². The van der Waals surface area contributed by atoms with E-state index in [2.05, 4.69) is 22.7 Å². The minimum Gasteiger partial charge on any atom is -0.496 e. The van der Waals surface area contributed by atoms with Crippen molar-refractivity contribution >= 4 is 17.2 Å². The molecule has 0 saturated carbocycles. The van der Waals surface area contributed by atoms with Crippen LogP contribution in [0.25, 0.3) is 11.3 Å². The van der Waals surface area contributed by atoms with Crippen molar-refractivity contribution < 1.29 is 19.4 Å². The largest absolute Gasteiger partial charge is 0.496 e. The topological polar surface area (TPSA) is 75.1 Å². The zero-order valence-corrected chi connectivity index (χ0v) is 18.1. The molecule has 4 rings (SSSR count). The van der Waals surface area contributed by atoms with Gasteiger partial charge in [0.1, 0.15) is 11.5 Å². The van der Waals surface area contributed by atoms with Crippen LogP contribution in [-0.2, 0) is 11.3 Å². The van der Waals surface area contributed by atoms with Crippen molar-refractivity contribution in [2.75, 3.05) is 34.4 Å². The van der Waals surface area contributed by atoms with Gasteiger partial charge in [0.05, 0.1) is 26.2 Å². The first-order valence-corrected chi connectivity index (χ1v) is 10.2. The van der Waals surface area contributed by atoms with Gasteiger partial charge in [0.2, 0.25) is 0 Å². The molecule has 0 spiro atoms. The Kier molecular flexibility index (Phi) is 5.69. The highest BCUT2D eigenvalue weighted by Gasteiger charge is 2.30. The van der Waals surface area contributed by atoms with Crippen molar-refractivity contribution in [3.05, 3.63) is 65.6 Å². The number of hydrogen-bond donors (Lipinski definition) is 1. The predicted molar refractivity (Wildman–Crippen MR) is 119 cm³/mol. The van der Waals surface area contributed by atoms with Crippen molar-refractivity contribution in [2.24, 2.45) is 5.92 Å². The molecule has 1 fully saturated rings. The molecule has 1 aromatic heterocycles. The van der Waals surface area contributed by atoms with Crippen LogP contribution >= 0.6 is 0 Å². The second-order valence-corrected chi connectivity index (χ2v) is 8.04. The van der Waals surface area contributed by atoms with E-state index in [-0.39, 0.29) is 12.3 Å². The highest BCUT2D eigenvalue weighted by atomic mass is 16.5. The van der Waals surface area contributed by atoms with E-state index in [1.807, 2.05) is 36.3 Å². The molecule has 0 radical (unpaired) electrons. The monoisotopic (exact) mass is 421 g/mol. The molecule has 7 nitrogen and oxygen atoms in total. The summed E-state index contributed by atoms with van der Waals surface area (Å²) >= 11 is 0. The predicted octanol–water partition coefficient (Wildman–Crippen LogP) is 3.31. The molecule has 2 aliphatic heterocycles. The Bertz CT molecular complexity index is 1030. The fourth-order valence-corrected chi connectivity index (χ4v) is 4.32. The van der Waals surface area contributed by atoms with Gasteiger partial charge in [-0.1, -0.05) is 6.58 Å². The lowest BCUT2D eigenvalue weighted by molar-refractivity contribution is -0.139. The van der Waals surface area contributed by atoms with Gasteiger partial charge in [0.25, 0.3) is 0 Å². The van der Waals surface area contributed by atoms with Crippen LogP contribution in [-0.4, -0.2) is 60.2 Å². The normalized spacial score (nSPS) is 16.4. The number of carbonyl (C=O) groups is 1. The summed E-state index contributed by atoms with van der Waals surface area (Å²) in [6.07, 6.45) is 5.89. The van der Waals surface area contributed by atoms with E-state index in [0.29, 0.717) is 6.54 Å². The maximum Gasteiger partial charge on any atom is 0.303 e. The van der Waals surface area contributed by atoms with Gasteiger partial charge < -0.3 is 19.5 Å². The number of likely N-dealkylation sites (tertiary alicyclic amines) is 1. The average Bonchev–Trinajstić information content (AvgIpc) is 2.74. The van der Waals surface area contributed by atoms with Crippen LogP contribution in [0.3, 0.4) is 0 Å². The van der Waals surface area contributed by atoms with E-state index in [4.69, 9.17) is 14.6 Å². The van der Waals surface area contributed by atoms with E-state index < -0.39 is 5.97 Å². The van der Waals surface area contributed by atoms with Gasteiger partial charge in [-0.05, 0) is 35.2 Å². The quantitative estimate of drug-likeness (QED) is 0.735. The lowest BCUT2D eigenvalue weighted by Gasteiger charge is -2.39. The highest BCUT2D eigenvalue weighted by molar-refractivity contribution is 5.90. The SMILES string of the molecule is C=C1c2cnccc2C(c2cc(OC)c(CN3CC(CC(=O)O)C3)c(OC)c2)=CN1C. The summed E-state index contributed by atoms with van der Waals surface area (Å²) in [4.78, 5) is 19.4. The number of rotatable bonds is 7. The molecule has 2 aliphatic rings. The van der Waals surface area contributed by atoms with Crippen molar-refractivity contribution in [2.45, 2.75) is 13.0 Å². The van der Waals surface area contributed by atoms with Crippen LogP contribution in [0.1, 0.15) is 28.7 Å². The molecule has 162 valence electrons. The molecular formula is C24H27N3O4. The standard InChI is InChI=1S/C24H27N3O4/c1-15-19-10-25-6-5-18(19)20(13-26(15)2)17-8-22(30-3)21(23(9-17)31-4)14-27-11-16(12-27)7-24(28)29/h5-6,8-10,13,16H,1,7,11-12,14H2,2-4H3,(H,28,29). The molecule has 1 aromatic carbocycles. The number of aromatic nitrogens is 1. The molecule has 3 heterocycles. The van der Waals surface area contributed by atoms with Gasteiger partial charge in [-0.25, -0.2) is 0 Å². The molecule has 2 aromatic rings. The van der Waals surface area contributed by atoms with E-state index in [9.17, 15) is 4.79 Å². The van der Waals surface area contributed by atoms with E-state index in [0.717, 1.165) is 58.1 Å². The first-order valence-electron chi connectivity index (χ1n) is 10.2. The molecule has 0 atom stereocenters. The van der Waals surface area contributed by atoms with Gasteiger partial charge in [0, 0.05) is 62.1 Å². The third-order valence-corrected chi connectivity index (χ3v) is 5.97. The van der Waals surface area contributed by atoms with Crippen LogP contribution in [0.4, 0.5) is 0 Å².